The topological polar surface area (TPSA) is 166 Å². The molecule has 7 heterocycles. The lowest BCUT2D eigenvalue weighted by molar-refractivity contribution is -0.120. The van der Waals surface area contributed by atoms with Gasteiger partial charge in [0, 0.05) is 101 Å². The smallest absolute Gasteiger partial charge is 0.328 e. The average molecular weight is 875 g/mol. The summed E-state index contributed by atoms with van der Waals surface area (Å²) in [6.45, 7) is 4.34. The Morgan fingerprint density at radius 2 is 1.73 bits per heavy atom. The third-order valence-electron chi connectivity index (χ3n) is 13.9. The van der Waals surface area contributed by atoms with E-state index in [4.69, 9.17) is 22.3 Å². The molecule has 63 heavy (non-hydrogen) atoms. The number of imide groups is 1. The molecule has 14 nitrogen and oxygen atoms in total. The van der Waals surface area contributed by atoms with Crippen LogP contribution < -0.4 is 20.9 Å². The number of nitrogen functional groups attached to an aromatic ring is 1. The third kappa shape index (κ3) is 8.28. The summed E-state index contributed by atoms with van der Waals surface area (Å²) in [4.78, 5) is 50.7. The van der Waals surface area contributed by atoms with Crippen LogP contribution in [0.25, 0.3) is 22.3 Å². The van der Waals surface area contributed by atoms with E-state index in [1.807, 2.05) is 36.4 Å². The highest BCUT2D eigenvalue weighted by molar-refractivity contribution is 6.34. The molecule has 1 atom stereocenters. The van der Waals surface area contributed by atoms with Gasteiger partial charge in [0.25, 0.3) is 5.91 Å². The number of hydrogen-bond acceptors (Lipinski definition) is 10. The number of aromatic nitrogens is 4. The van der Waals surface area contributed by atoms with E-state index in [0.717, 1.165) is 80.4 Å². The Hall–Kier alpha value is -5.80. The summed E-state index contributed by atoms with van der Waals surface area (Å²) in [6.07, 6.45) is 10.7. The number of phenolic OH excluding ortho intramolecular Hbond substituents is 1. The second-order valence-electron chi connectivity index (χ2n) is 18.1. The first-order chi connectivity index (χ1) is 30.5. The largest absolute Gasteiger partial charge is 0.507 e. The number of nitrogens with one attached hydrogen (secondary N) is 1. The van der Waals surface area contributed by atoms with Gasteiger partial charge in [-0.15, -0.1) is 10.2 Å². The van der Waals surface area contributed by atoms with Crippen molar-refractivity contribution in [3.05, 3.63) is 88.7 Å². The first kappa shape index (κ1) is 41.2. The number of rotatable bonds is 9. The number of pyridine rings is 1. The minimum Gasteiger partial charge on any atom is -0.507 e. The Morgan fingerprint density at radius 1 is 0.937 bits per heavy atom. The number of carbonyl (C=O) groups is 3. The predicted octanol–water partition coefficient (Wildman–Crippen LogP) is 7.42. The predicted molar refractivity (Wildman–Crippen MR) is 240 cm³/mol. The molecule has 4 saturated heterocycles. The molecule has 1 saturated carbocycles. The van der Waals surface area contributed by atoms with Crippen molar-refractivity contribution in [1.29, 1.82) is 0 Å². The molecule has 328 valence electrons. The molecule has 4 aliphatic heterocycles. The van der Waals surface area contributed by atoms with E-state index in [1.165, 1.54) is 5.56 Å². The first-order valence-electron chi connectivity index (χ1n) is 22.3. The number of piperidine rings is 3. The van der Waals surface area contributed by atoms with Crippen LogP contribution in [0.15, 0.2) is 67.0 Å². The van der Waals surface area contributed by atoms with Crippen LogP contribution >= 0.6 is 11.6 Å². The fourth-order valence-electron chi connectivity index (χ4n) is 10.2. The highest BCUT2D eigenvalue weighted by Crippen LogP contribution is 2.46. The summed E-state index contributed by atoms with van der Waals surface area (Å²) in [6, 6.07) is 16.4. The number of para-hydroxylation sites is 1. The monoisotopic (exact) mass is 874 g/mol. The van der Waals surface area contributed by atoms with Gasteiger partial charge >= 0.3 is 6.03 Å². The van der Waals surface area contributed by atoms with Crippen molar-refractivity contribution in [2.75, 3.05) is 67.9 Å². The number of fused-ring (bicyclic) bond motifs is 1. The molecule has 16 heteroatoms. The summed E-state index contributed by atoms with van der Waals surface area (Å²) in [7, 11) is 0. The van der Waals surface area contributed by atoms with Crippen LogP contribution in [-0.2, 0) is 4.79 Å². The Kier molecular flexibility index (Phi) is 10.9. The Morgan fingerprint density at radius 3 is 2.48 bits per heavy atom. The summed E-state index contributed by atoms with van der Waals surface area (Å²) in [5.74, 6) is 0.642. The summed E-state index contributed by atoms with van der Waals surface area (Å²) >= 11 is 6.85. The summed E-state index contributed by atoms with van der Waals surface area (Å²) < 4.78 is 18.8. The van der Waals surface area contributed by atoms with Gasteiger partial charge in [-0.3, -0.25) is 19.8 Å². The maximum atomic E-state index is 16.5. The van der Waals surface area contributed by atoms with E-state index in [1.54, 1.807) is 34.2 Å². The second-order valence-corrected chi connectivity index (χ2v) is 18.5. The maximum absolute atomic E-state index is 16.5. The number of nitrogens with zero attached hydrogens (tertiary/aromatic N) is 8. The number of alkyl halides is 1. The highest BCUT2D eigenvalue weighted by Gasteiger charge is 2.40. The molecule has 5 fully saturated rings. The first-order valence-corrected chi connectivity index (χ1v) is 22.7. The van der Waals surface area contributed by atoms with Gasteiger partial charge in [-0.2, -0.15) is 0 Å². The zero-order valence-electron chi connectivity index (χ0n) is 35.2. The zero-order valence-corrected chi connectivity index (χ0v) is 35.9. The van der Waals surface area contributed by atoms with Crippen molar-refractivity contribution < 1.29 is 23.9 Å². The van der Waals surface area contributed by atoms with Crippen LogP contribution in [0.2, 0.25) is 5.02 Å². The van der Waals surface area contributed by atoms with Crippen molar-refractivity contribution in [3.8, 4) is 17.0 Å². The Balaban J connectivity index is 0.739. The number of nitrogens with two attached hydrogens (primary N) is 1. The van der Waals surface area contributed by atoms with Crippen LogP contribution in [0.3, 0.4) is 0 Å². The Bertz CT molecular complexity index is 2580. The number of aromatic hydroxyl groups is 1. The van der Waals surface area contributed by atoms with Crippen LogP contribution in [0.1, 0.15) is 97.1 Å². The molecule has 0 unspecified atom stereocenters. The number of benzene rings is 2. The van der Waals surface area contributed by atoms with E-state index < -0.39 is 11.7 Å². The number of anilines is 3. The number of hydrogen-bond donors (Lipinski definition) is 3. The van der Waals surface area contributed by atoms with Crippen LogP contribution in [0.4, 0.5) is 26.4 Å². The van der Waals surface area contributed by atoms with E-state index in [0.29, 0.717) is 72.0 Å². The molecule has 0 bridgehead atoms. The molecule has 2 aromatic carbocycles. The second kappa shape index (κ2) is 16.7. The van der Waals surface area contributed by atoms with Crippen LogP contribution in [0.5, 0.6) is 5.75 Å². The molecule has 3 aromatic heterocycles. The van der Waals surface area contributed by atoms with Crippen molar-refractivity contribution in [1.82, 2.24) is 34.9 Å². The standard InChI is InChI=1S/C47H52ClFN10O4/c48-38-22-30(31-4-3-16-57(26-31)40-24-39(53-54-43(40)50)35-5-1-2-6-41(35)60)9-10-34(38)45(62)56-20-14-47(49,15-21-56)28-55-17-11-32(12-18-55)59-27-37(29-7-8-29)36-23-33(25-51-44(36)59)58-19-13-42(61)52-46(58)63/h1-2,5-6,9-10,22-25,27,29,31-32,60H,3-4,7-8,11-21,26,28H2,(H2,50,54)(H,52,61,63)/t31-/m0/s1. The lowest BCUT2D eigenvalue weighted by atomic mass is 9.89. The average Bonchev–Trinajstić information content (AvgIpc) is 4.07. The molecule has 10 rings (SSSR count). The minimum atomic E-state index is -1.39. The van der Waals surface area contributed by atoms with Crippen molar-refractivity contribution in [3.63, 3.8) is 0 Å². The number of amides is 4. The highest BCUT2D eigenvalue weighted by atomic mass is 35.5. The van der Waals surface area contributed by atoms with E-state index >= 15 is 4.39 Å². The fraction of sp³-hybridized carbons (Fsp3) is 0.447. The number of carbonyl (C=O) groups excluding carboxylic acids is 3. The van der Waals surface area contributed by atoms with E-state index in [2.05, 4.69) is 36.1 Å². The van der Waals surface area contributed by atoms with Gasteiger partial charge in [0.1, 0.15) is 17.1 Å². The molecule has 1 aliphatic carbocycles. The van der Waals surface area contributed by atoms with Crippen molar-refractivity contribution in [2.24, 2.45) is 0 Å². The molecule has 0 radical (unpaired) electrons. The van der Waals surface area contributed by atoms with Gasteiger partial charge in [-0.05, 0) is 92.0 Å². The van der Waals surface area contributed by atoms with Gasteiger partial charge in [0.2, 0.25) is 5.91 Å². The molecule has 4 amide bonds. The Labute approximate surface area is 370 Å². The quantitative estimate of drug-likeness (QED) is 0.136. The minimum absolute atomic E-state index is 0.123. The summed E-state index contributed by atoms with van der Waals surface area (Å²) in [5, 5.41) is 22.7. The molecule has 5 aliphatic rings. The van der Waals surface area contributed by atoms with Crippen LogP contribution in [0, 0.1) is 0 Å². The zero-order chi connectivity index (χ0) is 43.4. The lowest BCUT2D eigenvalue weighted by Gasteiger charge is -2.41. The summed E-state index contributed by atoms with van der Waals surface area (Å²) in [5.41, 5.74) is 11.2. The fourth-order valence-corrected chi connectivity index (χ4v) is 10.5. The molecule has 0 spiro atoms. The van der Waals surface area contributed by atoms with Gasteiger partial charge in [-0.25, -0.2) is 14.2 Å². The normalized spacial score (nSPS) is 21.2. The molecule has 4 N–H and O–H groups in total. The van der Waals surface area contributed by atoms with E-state index in [9.17, 15) is 19.5 Å². The number of likely N-dealkylation sites (tertiary alicyclic amines) is 2. The van der Waals surface area contributed by atoms with Crippen molar-refractivity contribution >= 4 is 57.7 Å². The van der Waals surface area contributed by atoms with E-state index in [-0.39, 0.29) is 48.8 Å². The molecular formula is C47H52ClFN10O4. The SMILES string of the molecule is Nc1nnc(-c2ccccc2O)cc1N1CCC[C@H](c2ccc(C(=O)N3CCC(F)(CN4CCC(n5cc(C6CC6)c6cc(N7CCC(=O)NC7=O)cnc65)CC4)CC3)c(Cl)c2)C1. The number of urea groups is 1. The van der Waals surface area contributed by atoms with Gasteiger partial charge < -0.3 is 30.1 Å². The van der Waals surface area contributed by atoms with Gasteiger partial charge in [0.05, 0.1) is 33.9 Å². The number of phenols is 1. The van der Waals surface area contributed by atoms with Crippen LogP contribution in [-0.4, -0.2) is 111 Å². The van der Waals surface area contributed by atoms with Crippen molar-refractivity contribution in [2.45, 2.75) is 81.3 Å². The third-order valence-corrected chi connectivity index (χ3v) is 14.2. The number of halogens is 2. The maximum Gasteiger partial charge on any atom is 0.328 e. The molecule has 5 aromatic rings. The molecular weight excluding hydrogens is 823 g/mol. The van der Waals surface area contributed by atoms with Gasteiger partial charge in [0.15, 0.2) is 5.82 Å². The van der Waals surface area contributed by atoms with Gasteiger partial charge in [-0.1, -0.05) is 29.8 Å². The lowest BCUT2D eigenvalue weighted by Crippen LogP contribution is -2.51.